The van der Waals surface area contributed by atoms with Gasteiger partial charge in [0.05, 0.1) is 19.2 Å². The molecule has 0 radical (unpaired) electrons. The van der Waals surface area contributed by atoms with Gasteiger partial charge in [0.25, 0.3) is 0 Å². The van der Waals surface area contributed by atoms with E-state index in [0.29, 0.717) is 19.7 Å². The van der Waals surface area contributed by atoms with Gasteiger partial charge in [-0.25, -0.2) is 0 Å². The highest BCUT2D eigenvalue weighted by Crippen LogP contribution is 2.10. The molecule has 6 heteroatoms. The maximum absolute atomic E-state index is 11.6. The first-order valence-corrected chi connectivity index (χ1v) is 7.11. The molecule has 1 unspecified atom stereocenters. The molecule has 1 aromatic carbocycles. The van der Waals surface area contributed by atoms with E-state index in [1.54, 1.807) is 0 Å². The summed E-state index contributed by atoms with van der Waals surface area (Å²) in [5.41, 5.74) is 0. The normalized spacial score (nSPS) is 17.0. The van der Waals surface area contributed by atoms with E-state index in [0.717, 1.165) is 31.7 Å². The van der Waals surface area contributed by atoms with Crippen molar-refractivity contribution in [3.05, 3.63) is 30.3 Å². The van der Waals surface area contributed by atoms with Crippen LogP contribution in [-0.2, 0) is 9.53 Å². The first-order valence-electron chi connectivity index (χ1n) is 7.11. The number of nitrogens with one attached hydrogen (secondary N) is 2. The lowest BCUT2D eigenvalue weighted by atomic mass is 10.2. The molecule has 1 aliphatic rings. The van der Waals surface area contributed by atoms with E-state index >= 15 is 0 Å². The summed E-state index contributed by atoms with van der Waals surface area (Å²) in [6.45, 7) is 2.89. The fourth-order valence-electron chi connectivity index (χ4n) is 2.09. The summed E-state index contributed by atoms with van der Waals surface area (Å²) < 4.78 is 11.0. The molecule has 0 saturated carbocycles. The zero-order valence-electron chi connectivity index (χ0n) is 12.0. The molecule has 1 atom stereocenters. The molecule has 1 aromatic rings. The van der Waals surface area contributed by atoms with Crippen molar-refractivity contribution in [3.8, 4) is 5.75 Å². The van der Waals surface area contributed by atoms with Gasteiger partial charge in [0, 0.05) is 13.2 Å². The number of amides is 1. The minimum absolute atomic E-state index is 0. The molecule has 0 aromatic heterocycles. The molecule has 1 heterocycles. The summed E-state index contributed by atoms with van der Waals surface area (Å²) >= 11 is 0. The summed E-state index contributed by atoms with van der Waals surface area (Å²) in [6, 6.07) is 9.57. The first-order chi connectivity index (χ1) is 9.84. The first kappa shape index (κ1) is 17.8. The molecule has 2 N–H and O–H groups in total. The van der Waals surface area contributed by atoms with Crippen LogP contribution >= 0.6 is 12.4 Å². The van der Waals surface area contributed by atoms with Gasteiger partial charge in [-0.3, -0.25) is 4.79 Å². The minimum atomic E-state index is -0.0142. The Morgan fingerprint density at radius 1 is 1.33 bits per heavy atom. The minimum Gasteiger partial charge on any atom is -0.492 e. The number of halogens is 1. The third-order valence-electron chi connectivity index (χ3n) is 3.12. The molecule has 1 saturated heterocycles. The van der Waals surface area contributed by atoms with Gasteiger partial charge in [-0.1, -0.05) is 18.2 Å². The molecular weight excluding hydrogens is 292 g/mol. The van der Waals surface area contributed by atoms with Gasteiger partial charge in [-0.2, -0.15) is 0 Å². The molecule has 1 amide bonds. The van der Waals surface area contributed by atoms with Crippen molar-refractivity contribution in [3.63, 3.8) is 0 Å². The molecule has 2 rings (SSSR count). The molecule has 0 spiro atoms. The Labute approximate surface area is 131 Å². The predicted octanol–water partition coefficient (Wildman–Crippen LogP) is 1.37. The second kappa shape index (κ2) is 10.4. The van der Waals surface area contributed by atoms with E-state index in [4.69, 9.17) is 9.47 Å². The van der Waals surface area contributed by atoms with Crippen molar-refractivity contribution >= 4 is 18.3 Å². The van der Waals surface area contributed by atoms with Crippen LogP contribution in [0.25, 0.3) is 0 Å². The van der Waals surface area contributed by atoms with Crippen molar-refractivity contribution in [1.29, 1.82) is 0 Å². The highest BCUT2D eigenvalue weighted by Gasteiger charge is 2.14. The molecule has 0 aliphatic carbocycles. The number of hydrogen-bond donors (Lipinski definition) is 2. The molecule has 5 nitrogen and oxygen atoms in total. The number of rotatable bonds is 8. The quantitative estimate of drug-likeness (QED) is 0.712. The lowest BCUT2D eigenvalue weighted by Gasteiger charge is -2.11. The topological polar surface area (TPSA) is 59.6 Å². The van der Waals surface area contributed by atoms with Gasteiger partial charge in [0.2, 0.25) is 5.91 Å². The number of carbonyl (C=O) groups is 1. The number of ether oxygens (including phenoxy) is 2. The van der Waals surface area contributed by atoms with Crippen LogP contribution in [0.2, 0.25) is 0 Å². The van der Waals surface area contributed by atoms with Crippen LogP contribution in [0.1, 0.15) is 12.8 Å². The molecule has 1 aliphatic heterocycles. The van der Waals surface area contributed by atoms with Gasteiger partial charge in [0.15, 0.2) is 0 Å². The third-order valence-corrected chi connectivity index (χ3v) is 3.12. The predicted molar refractivity (Wildman–Crippen MR) is 84.0 cm³/mol. The lowest BCUT2D eigenvalue weighted by molar-refractivity contribution is -0.120. The number of hydrogen-bond acceptors (Lipinski definition) is 4. The monoisotopic (exact) mass is 314 g/mol. The van der Waals surface area contributed by atoms with Gasteiger partial charge < -0.3 is 20.1 Å². The summed E-state index contributed by atoms with van der Waals surface area (Å²) in [6.07, 6.45) is 2.47. The fourth-order valence-corrected chi connectivity index (χ4v) is 2.09. The highest BCUT2D eigenvalue weighted by atomic mass is 35.5. The Balaban J connectivity index is 0.00000220. The molecule has 118 valence electrons. The van der Waals surface area contributed by atoms with E-state index in [1.165, 1.54) is 0 Å². The van der Waals surface area contributed by atoms with Crippen LogP contribution in [0.3, 0.4) is 0 Å². The Morgan fingerprint density at radius 3 is 2.86 bits per heavy atom. The van der Waals surface area contributed by atoms with Gasteiger partial charge in [0.1, 0.15) is 12.4 Å². The molecular formula is C15H23ClN2O3. The second-order valence-corrected chi connectivity index (χ2v) is 4.78. The van der Waals surface area contributed by atoms with Crippen molar-refractivity contribution in [2.24, 2.45) is 0 Å². The van der Waals surface area contributed by atoms with Crippen LogP contribution < -0.4 is 15.4 Å². The molecule has 0 bridgehead atoms. The average Bonchev–Trinajstić information content (AvgIpc) is 2.98. The van der Waals surface area contributed by atoms with Gasteiger partial charge >= 0.3 is 0 Å². The van der Waals surface area contributed by atoms with Crippen LogP contribution in [-0.4, -0.2) is 44.9 Å². The zero-order chi connectivity index (χ0) is 14.0. The SMILES string of the molecule is Cl.O=C(CNCC1CCCO1)NCCOc1ccccc1. The van der Waals surface area contributed by atoms with Crippen molar-refractivity contribution in [1.82, 2.24) is 10.6 Å². The van der Waals surface area contributed by atoms with Gasteiger partial charge in [-0.05, 0) is 25.0 Å². The van der Waals surface area contributed by atoms with E-state index in [-0.39, 0.29) is 24.4 Å². The maximum atomic E-state index is 11.6. The largest absolute Gasteiger partial charge is 0.492 e. The van der Waals surface area contributed by atoms with Gasteiger partial charge in [-0.15, -0.1) is 12.4 Å². The fraction of sp³-hybridized carbons (Fsp3) is 0.533. The number of carbonyl (C=O) groups excluding carboxylic acids is 1. The number of para-hydroxylation sites is 1. The van der Waals surface area contributed by atoms with Crippen molar-refractivity contribution in [2.75, 3.05) is 32.8 Å². The smallest absolute Gasteiger partial charge is 0.234 e. The van der Waals surface area contributed by atoms with Crippen LogP contribution in [0.4, 0.5) is 0 Å². The zero-order valence-corrected chi connectivity index (χ0v) is 12.9. The molecule has 21 heavy (non-hydrogen) atoms. The maximum Gasteiger partial charge on any atom is 0.234 e. The van der Waals surface area contributed by atoms with E-state index in [9.17, 15) is 4.79 Å². The van der Waals surface area contributed by atoms with E-state index in [1.807, 2.05) is 30.3 Å². The van der Waals surface area contributed by atoms with Crippen LogP contribution in [0.5, 0.6) is 5.75 Å². The summed E-state index contributed by atoms with van der Waals surface area (Å²) in [7, 11) is 0. The second-order valence-electron chi connectivity index (χ2n) is 4.78. The summed E-state index contributed by atoms with van der Waals surface area (Å²) in [5, 5.41) is 5.92. The molecule has 1 fully saturated rings. The Kier molecular flexibility index (Phi) is 8.82. The van der Waals surface area contributed by atoms with Crippen LogP contribution in [0.15, 0.2) is 30.3 Å². The summed E-state index contributed by atoms with van der Waals surface area (Å²) in [5.74, 6) is 0.804. The highest BCUT2D eigenvalue weighted by molar-refractivity contribution is 5.85. The average molecular weight is 315 g/mol. The van der Waals surface area contributed by atoms with E-state index in [2.05, 4.69) is 10.6 Å². The van der Waals surface area contributed by atoms with Crippen molar-refractivity contribution in [2.45, 2.75) is 18.9 Å². The Hall–Kier alpha value is -1.30. The van der Waals surface area contributed by atoms with Crippen molar-refractivity contribution < 1.29 is 14.3 Å². The third kappa shape index (κ3) is 7.32. The number of benzene rings is 1. The Morgan fingerprint density at radius 2 is 2.14 bits per heavy atom. The lowest BCUT2D eigenvalue weighted by Crippen LogP contribution is -2.38. The van der Waals surface area contributed by atoms with Crippen LogP contribution in [0, 0.1) is 0 Å². The van der Waals surface area contributed by atoms with E-state index < -0.39 is 0 Å². The Bertz CT molecular complexity index is 397. The summed E-state index contributed by atoms with van der Waals surface area (Å²) in [4.78, 5) is 11.6. The standard InChI is InChI=1S/C15H22N2O3.ClH/c18-15(12-16-11-14-7-4-9-19-14)17-8-10-20-13-5-2-1-3-6-13;/h1-3,5-6,14,16H,4,7-12H2,(H,17,18);1H.